The molecular weight excluding hydrogens is 364 g/mol. The lowest BCUT2D eigenvalue weighted by Gasteiger charge is -2.11. The molecule has 0 unspecified atom stereocenters. The Morgan fingerprint density at radius 2 is 2.17 bits per heavy atom. The molecule has 0 spiro atoms. The summed E-state index contributed by atoms with van der Waals surface area (Å²) in [5.41, 5.74) is 2.58. The number of esters is 1. The lowest BCUT2D eigenvalue weighted by Crippen LogP contribution is -2.28. The fourth-order valence-electron chi connectivity index (χ4n) is 2.39. The third-order valence-corrected chi connectivity index (χ3v) is 5.07. The van der Waals surface area contributed by atoms with Crippen molar-refractivity contribution in [3.8, 4) is 0 Å². The minimum atomic E-state index is -0.351. The van der Waals surface area contributed by atoms with Crippen molar-refractivity contribution >= 4 is 51.2 Å². The van der Waals surface area contributed by atoms with E-state index in [0.717, 1.165) is 22.4 Å². The van der Waals surface area contributed by atoms with Gasteiger partial charge in [0.05, 0.1) is 12.7 Å². The first-order valence-electron chi connectivity index (χ1n) is 7.46. The second kappa shape index (κ2) is 8.46. The van der Waals surface area contributed by atoms with Gasteiger partial charge in [0, 0.05) is 16.4 Å². The van der Waals surface area contributed by atoms with Crippen molar-refractivity contribution in [3.63, 3.8) is 0 Å². The Morgan fingerprint density at radius 3 is 2.79 bits per heavy atom. The number of rotatable bonds is 5. The Kier molecular flexibility index (Phi) is 6.60. The first-order chi connectivity index (χ1) is 11.5. The van der Waals surface area contributed by atoms with Crippen molar-refractivity contribution in [2.75, 3.05) is 12.4 Å². The molecule has 0 fully saturated rings. The van der Waals surface area contributed by atoms with Gasteiger partial charge in [-0.15, -0.1) is 11.3 Å². The van der Waals surface area contributed by atoms with Crippen LogP contribution in [0.2, 0.25) is 5.02 Å². The summed E-state index contributed by atoms with van der Waals surface area (Å²) in [6, 6.07) is 7.56. The smallest absolute Gasteiger partial charge is 0.341 e. The summed E-state index contributed by atoms with van der Waals surface area (Å²) in [6.45, 7) is 4.55. The highest BCUT2D eigenvalue weighted by molar-refractivity contribution is 7.80. The van der Waals surface area contributed by atoms with E-state index in [9.17, 15) is 4.79 Å². The van der Waals surface area contributed by atoms with Gasteiger partial charge in [0.25, 0.3) is 0 Å². The normalized spacial score (nSPS) is 10.3. The van der Waals surface area contributed by atoms with Crippen LogP contribution in [0.4, 0.5) is 5.00 Å². The van der Waals surface area contributed by atoms with Gasteiger partial charge in [-0.3, -0.25) is 0 Å². The van der Waals surface area contributed by atoms with Crippen LogP contribution in [0.1, 0.15) is 33.3 Å². The van der Waals surface area contributed by atoms with E-state index in [1.54, 1.807) is 0 Å². The van der Waals surface area contributed by atoms with Crippen LogP contribution >= 0.6 is 35.2 Å². The van der Waals surface area contributed by atoms with Gasteiger partial charge >= 0.3 is 5.97 Å². The number of hydrogen-bond acceptors (Lipinski definition) is 4. The second-order valence-corrected chi connectivity index (χ2v) is 7.19. The SMILES string of the molecule is CCc1c(C)sc(NC(=S)NCc2cccc(Cl)c2)c1C(=O)OC. The minimum absolute atomic E-state index is 0.351. The molecule has 0 aliphatic rings. The third kappa shape index (κ3) is 4.47. The minimum Gasteiger partial charge on any atom is -0.465 e. The van der Waals surface area contributed by atoms with E-state index in [4.69, 9.17) is 28.6 Å². The molecule has 2 N–H and O–H groups in total. The average Bonchev–Trinajstić information content (AvgIpc) is 2.87. The predicted octanol–water partition coefficient (Wildman–Crippen LogP) is 4.55. The largest absolute Gasteiger partial charge is 0.465 e. The van der Waals surface area contributed by atoms with Crippen LogP contribution in [0.15, 0.2) is 24.3 Å². The fraction of sp³-hybridized carbons (Fsp3) is 0.294. The molecule has 2 rings (SSSR count). The number of hydrogen-bond donors (Lipinski definition) is 2. The van der Waals surface area contributed by atoms with Gasteiger partial charge in [0.15, 0.2) is 5.11 Å². The highest BCUT2D eigenvalue weighted by atomic mass is 35.5. The summed E-state index contributed by atoms with van der Waals surface area (Å²) in [5, 5.41) is 8.07. The topological polar surface area (TPSA) is 50.4 Å². The van der Waals surface area contributed by atoms with Gasteiger partial charge in [0.2, 0.25) is 0 Å². The van der Waals surface area contributed by atoms with Crippen molar-refractivity contribution in [2.45, 2.75) is 26.8 Å². The molecule has 128 valence electrons. The van der Waals surface area contributed by atoms with Gasteiger partial charge in [0.1, 0.15) is 5.00 Å². The van der Waals surface area contributed by atoms with Crippen molar-refractivity contribution in [1.82, 2.24) is 5.32 Å². The number of nitrogens with one attached hydrogen (secondary N) is 2. The number of aryl methyl sites for hydroxylation is 1. The number of benzene rings is 1. The van der Waals surface area contributed by atoms with E-state index in [2.05, 4.69) is 10.6 Å². The van der Waals surface area contributed by atoms with E-state index in [-0.39, 0.29) is 5.97 Å². The van der Waals surface area contributed by atoms with E-state index in [0.29, 0.717) is 27.2 Å². The van der Waals surface area contributed by atoms with Crippen LogP contribution in [-0.2, 0) is 17.7 Å². The van der Waals surface area contributed by atoms with Crippen molar-refractivity contribution < 1.29 is 9.53 Å². The number of thiophene rings is 1. The van der Waals surface area contributed by atoms with E-state index >= 15 is 0 Å². The van der Waals surface area contributed by atoms with E-state index in [1.165, 1.54) is 18.4 Å². The van der Waals surface area contributed by atoms with Crippen LogP contribution in [0, 0.1) is 6.92 Å². The van der Waals surface area contributed by atoms with Crippen LogP contribution in [-0.4, -0.2) is 18.2 Å². The molecule has 24 heavy (non-hydrogen) atoms. The number of halogens is 1. The van der Waals surface area contributed by atoms with Crippen LogP contribution < -0.4 is 10.6 Å². The summed E-state index contributed by atoms with van der Waals surface area (Å²) in [6.07, 6.45) is 0.761. The van der Waals surface area contributed by atoms with Crippen LogP contribution in [0.25, 0.3) is 0 Å². The third-order valence-electron chi connectivity index (χ3n) is 3.52. The maximum atomic E-state index is 12.1. The summed E-state index contributed by atoms with van der Waals surface area (Å²) >= 11 is 12.8. The first kappa shape index (κ1) is 18.7. The summed E-state index contributed by atoms with van der Waals surface area (Å²) < 4.78 is 4.91. The number of anilines is 1. The lowest BCUT2D eigenvalue weighted by atomic mass is 10.1. The summed E-state index contributed by atoms with van der Waals surface area (Å²) in [7, 11) is 1.38. The standard InChI is InChI=1S/C17H19ClN2O2S2/c1-4-13-10(2)24-15(14(13)16(21)22-3)20-17(23)19-9-11-6-5-7-12(18)8-11/h5-8H,4,9H2,1-3H3,(H2,19,20,23). The van der Waals surface area contributed by atoms with E-state index in [1.807, 2.05) is 38.1 Å². The molecule has 0 saturated heterocycles. The number of carbonyl (C=O) groups excluding carboxylic acids is 1. The van der Waals surface area contributed by atoms with Crippen molar-refractivity contribution in [1.29, 1.82) is 0 Å². The van der Waals surface area contributed by atoms with Gasteiger partial charge in [-0.25, -0.2) is 4.79 Å². The highest BCUT2D eigenvalue weighted by Crippen LogP contribution is 2.33. The highest BCUT2D eigenvalue weighted by Gasteiger charge is 2.22. The van der Waals surface area contributed by atoms with Crippen molar-refractivity contribution in [2.24, 2.45) is 0 Å². The molecule has 0 amide bonds. The fourth-order valence-corrected chi connectivity index (χ4v) is 3.98. The molecule has 7 heteroatoms. The number of carbonyl (C=O) groups is 1. The number of thiocarbonyl (C=S) groups is 1. The first-order valence-corrected chi connectivity index (χ1v) is 9.06. The monoisotopic (exact) mass is 382 g/mol. The van der Waals surface area contributed by atoms with Gasteiger partial charge in [-0.1, -0.05) is 30.7 Å². The molecule has 0 saturated carbocycles. The predicted molar refractivity (Wildman–Crippen MR) is 104 cm³/mol. The Labute approximate surface area is 156 Å². The molecule has 0 atom stereocenters. The Balaban J connectivity index is 2.10. The zero-order valence-corrected chi connectivity index (χ0v) is 16.1. The summed E-state index contributed by atoms with van der Waals surface area (Å²) in [5.74, 6) is -0.351. The Bertz CT molecular complexity index is 759. The maximum Gasteiger partial charge on any atom is 0.341 e. The number of ether oxygens (including phenoxy) is 1. The lowest BCUT2D eigenvalue weighted by molar-refractivity contribution is 0.0601. The zero-order chi connectivity index (χ0) is 17.7. The van der Waals surface area contributed by atoms with E-state index < -0.39 is 0 Å². The molecule has 0 radical (unpaired) electrons. The molecule has 0 aliphatic heterocycles. The molecule has 1 aromatic carbocycles. The molecule has 4 nitrogen and oxygen atoms in total. The molecule has 2 aromatic rings. The van der Waals surface area contributed by atoms with Gasteiger partial charge in [-0.05, 0) is 48.8 Å². The summed E-state index contributed by atoms with van der Waals surface area (Å²) in [4.78, 5) is 13.2. The zero-order valence-electron chi connectivity index (χ0n) is 13.7. The van der Waals surface area contributed by atoms with Crippen molar-refractivity contribution in [3.05, 3.63) is 50.9 Å². The number of methoxy groups -OCH3 is 1. The molecule has 1 aromatic heterocycles. The van der Waals surface area contributed by atoms with Crippen LogP contribution in [0.5, 0.6) is 0 Å². The maximum absolute atomic E-state index is 12.1. The molecule has 1 heterocycles. The van der Waals surface area contributed by atoms with Crippen LogP contribution in [0.3, 0.4) is 0 Å². The quantitative estimate of drug-likeness (QED) is 0.587. The molecule has 0 bridgehead atoms. The average molecular weight is 383 g/mol. The molecule has 0 aliphatic carbocycles. The Morgan fingerprint density at radius 1 is 1.42 bits per heavy atom. The van der Waals surface area contributed by atoms with Gasteiger partial charge in [-0.2, -0.15) is 0 Å². The molecular formula is C17H19ClN2O2S2. The van der Waals surface area contributed by atoms with Gasteiger partial charge < -0.3 is 15.4 Å². The Hall–Kier alpha value is -1.63. The second-order valence-electron chi connectivity index (χ2n) is 5.12.